The molecular formula is C48H60O14. The van der Waals surface area contributed by atoms with Crippen LogP contribution in [0.25, 0.3) is 0 Å². The molecule has 14 nitrogen and oxygen atoms in total. The van der Waals surface area contributed by atoms with E-state index in [1.165, 1.54) is 0 Å². The number of carbonyl (C=O) groups is 3. The van der Waals surface area contributed by atoms with Crippen molar-refractivity contribution >= 4 is 17.7 Å². The van der Waals surface area contributed by atoms with Gasteiger partial charge in [0, 0.05) is 12.8 Å². The molecule has 336 valence electrons. The first-order valence-corrected chi connectivity index (χ1v) is 21.4. The highest BCUT2D eigenvalue weighted by atomic mass is 16.9. The lowest BCUT2D eigenvalue weighted by molar-refractivity contribution is -0.330. The van der Waals surface area contributed by atoms with Gasteiger partial charge in [-0.2, -0.15) is 0 Å². The second-order valence-corrected chi connectivity index (χ2v) is 18.1. The number of carbonyl (C=O) groups excluding carboxylic acids is 3. The van der Waals surface area contributed by atoms with Crippen LogP contribution in [0.15, 0.2) is 91.0 Å². The summed E-state index contributed by atoms with van der Waals surface area (Å²) >= 11 is 0. The third-order valence-electron chi connectivity index (χ3n) is 11.0. The number of fused-ring (bicyclic) bond motifs is 3. The Bertz CT molecular complexity index is 1930. The molecule has 0 radical (unpaired) electrons. The topological polar surface area (TPSA) is 153 Å². The molecule has 4 saturated heterocycles. The SMILES string of the molecule is CC1(C)O[C@H]2[C@@H](O1)[C@@H](CO[C@H]1O[C@H](COC(=O)CCC(=O)Cc3ccccc3)[C@@H](OCc3ccccc3)[C@H](OCc3ccccc3)[C@H]1OC(=O)C(C)(C)C)O[C@@H]1OC(C)(C)O[C@@H]12. The fourth-order valence-corrected chi connectivity index (χ4v) is 7.91. The molecule has 0 amide bonds. The van der Waals surface area contributed by atoms with Crippen molar-refractivity contribution in [3.05, 3.63) is 108 Å². The molecule has 3 aromatic rings. The highest BCUT2D eigenvalue weighted by Crippen LogP contribution is 2.44. The summed E-state index contributed by atoms with van der Waals surface area (Å²) in [6.07, 6.45) is -8.50. The maximum atomic E-state index is 13.8. The standard InChI is InChI=1S/C48H60O14/c1-46(2,3)45(51)58-41-39(54-27-32-21-15-10-16-22-32)37(53-26-31-19-13-9-14-20-31)34(28-52-36(50)24-23-33(49)25-30-17-11-8-12-18-30)56-43(41)55-29-35-38-40(60-47(4,5)59-38)42-44(57-35)62-48(6,7)61-42/h8-22,34-35,37-44H,23-29H2,1-7H3/t34-,35-,37-,38+,39+,40+,41-,42-,43+,44-/m1/s1. The Morgan fingerprint density at radius 3 is 1.74 bits per heavy atom. The smallest absolute Gasteiger partial charge is 0.311 e. The Hall–Kier alpha value is -4.09. The summed E-state index contributed by atoms with van der Waals surface area (Å²) in [7, 11) is 0. The lowest BCUT2D eigenvalue weighted by atomic mass is 9.95. The second-order valence-electron chi connectivity index (χ2n) is 18.1. The van der Waals surface area contributed by atoms with Gasteiger partial charge in [-0.3, -0.25) is 14.4 Å². The van der Waals surface area contributed by atoms with Crippen molar-refractivity contribution in [3.63, 3.8) is 0 Å². The van der Waals surface area contributed by atoms with Crippen LogP contribution >= 0.6 is 0 Å². The van der Waals surface area contributed by atoms with E-state index in [0.29, 0.717) is 0 Å². The fraction of sp³-hybridized carbons (Fsp3) is 0.562. The average molecular weight is 861 g/mol. The van der Waals surface area contributed by atoms with Gasteiger partial charge in [0.05, 0.1) is 31.7 Å². The molecule has 62 heavy (non-hydrogen) atoms. The molecule has 0 unspecified atom stereocenters. The lowest BCUT2D eigenvalue weighted by Crippen LogP contribution is -2.63. The molecule has 0 saturated carbocycles. The van der Waals surface area contributed by atoms with Crippen molar-refractivity contribution in [1.29, 1.82) is 0 Å². The van der Waals surface area contributed by atoms with Gasteiger partial charge in [-0.1, -0.05) is 91.0 Å². The highest BCUT2D eigenvalue weighted by molar-refractivity contribution is 5.84. The van der Waals surface area contributed by atoms with Gasteiger partial charge in [0.1, 0.15) is 55.1 Å². The third-order valence-corrected chi connectivity index (χ3v) is 11.0. The monoisotopic (exact) mass is 860 g/mol. The summed E-state index contributed by atoms with van der Waals surface area (Å²) in [6, 6.07) is 28.5. The first kappa shape index (κ1) is 45.9. The maximum absolute atomic E-state index is 13.8. The number of rotatable bonds is 17. The first-order valence-electron chi connectivity index (χ1n) is 21.4. The third kappa shape index (κ3) is 11.9. The van der Waals surface area contributed by atoms with Crippen molar-refractivity contribution in [3.8, 4) is 0 Å². The van der Waals surface area contributed by atoms with Crippen LogP contribution in [-0.2, 0) is 86.1 Å². The number of ketones is 1. The van der Waals surface area contributed by atoms with E-state index in [9.17, 15) is 14.4 Å². The second kappa shape index (κ2) is 19.7. The van der Waals surface area contributed by atoms with Gasteiger partial charge in [-0.15, -0.1) is 0 Å². The summed E-state index contributed by atoms with van der Waals surface area (Å²) in [6.45, 7) is 12.4. The molecular weight excluding hydrogens is 801 g/mol. The summed E-state index contributed by atoms with van der Waals surface area (Å²) in [4.78, 5) is 39.9. The molecule has 0 N–H and O–H groups in total. The van der Waals surface area contributed by atoms with Crippen LogP contribution in [0.4, 0.5) is 0 Å². The molecule has 10 atom stereocenters. The molecule has 4 aliphatic heterocycles. The van der Waals surface area contributed by atoms with E-state index < -0.39 is 90.3 Å². The molecule has 4 fully saturated rings. The van der Waals surface area contributed by atoms with Crippen LogP contribution in [-0.4, -0.2) is 104 Å². The van der Waals surface area contributed by atoms with Crippen molar-refractivity contribution in [2.24, 2.45) is 5.41 Å². The maximum Gasteiger partial charge on any atom is 0.311 e. The van der Waals surface area contributed by atoms with E-state index >= 15 is 0 Å². The van der Waals surface area contributed by atoms with Crippen LogP contribution in [0, 0.1) is 5.41 Å². The predicted molar refractivity (Wildman–Crippen MR) is 222 cm³/mol. The minimum atomic E-state index is -1.28. The predicted octanol–water partition coefficient (Wildman–Crippen LogP) is 6.39. The molecule has 7 rings (SSSR count). The number of Topliss-reactive ketones (excluding diaryl/α,β-unsaturated/α-hetero) is 1. The molecule has 0 aliphatic carbocycles. The minimum absolute atomic E-state index is 0.00644. The van der Waals surface area contributed by atoms with Crippen molar-refractivity contribution in [2.45, 2.75) is 154 Å². The number of ether oxygens (including phenoxy) is 11. The molecule has 4 heterocycles. The quantitative estimate of drug-likeness (QED) is 0.138. The Kier molecular flexibility index (Phi) is 14.6. The number of hydrogen-bond donors (Lipinski definition) is 0. The molecule has 14 heteroatoms. The van der Waals surface area contributed by atoms with Gasteiger partial charge in [0.25, 0.3) is 0 Å². The normalized spacial score (nSPS) is 29.9. The summed E-state index contributed by atoms with van der Waals surface area (Å²) in [5.74, 6) is -3.08. The Morgan fingerprint density at radius 2 is 1.13 bits per heavy atom. The number of hydrogen-bond acceptors (Lipinski definition) is 14. The summed E-state index contributed by atoms with van der Waals surface area (Å²) < 4.78 is 70.2. The Balaban J connectivity index is 1.16. The van der Waals surface area contributed by atoms with Crippen molar-refractivity contribution in [2.75, 3.05) is 13.2 Å². The van der Waals surface area contributed by atoms with E-state index in [1.54, 1.807) is 20.8 Å². The minimum Gasteiger partial charge on any atom is -0.463 e. The van der Waals surface area contributed by atoms with Gasteiger partial charge >= 0.3 is 11.9 Å². The highest BCUT2D eigenvalue weighted by Gasteiger charge is 2.61. The van der Waals surface area contributed by atoms with Crippen LogP contribution in [0.3, 0.4) is 0 Å². The van der Waals surface area contributed by atoms with Gasteiger partial charge in [0.2, 0.25) is 0 Å². The van der Waals surface area contributed by atoms with E-state index in [0.717, 1.165) is 16.7 Å². The van der Waals surface area contributed by atoms with E-state index in [1.807, 2.05) is 119 Å². The van der Waals surface area contributed by atoms with E-state index in [4.69, 9.17) is 52.1 Å². The zero-order valence-electron chi connectivity index (χ0n) is 36.6. The van der Waals surface area contributed by atoms with Gasteiger partial charge in [0.15, 0.2) is 30.3 Å². The molecule has 4 aliphatic rings. The van der Waals surface area contributed by atoms with Crippen LogP contribution in [0.1, 0.15) is 78.0 Å². The average Bonchev–Trinajstić information content (AvgIpc) is 3.74. The molecule has 0 bridgehead atoms. The number of benzene rings is 3. The first-order chi connectivity index (χ1) is 29.5. The largest absolute Gasteiger partial charge is 0.463 e. The zero-order chi connectivity index (χ0) is 44.1. The zero-order valence-corrected chi connectivity index (χ0v) is 36.6. The van der Waals surface area contributed by atoms with E-state index in [-0.39, 0.29) is 51.5 Å². The number of esters is 2. The Labute approximate surface area is 363 Å². The van der Waals surface area contributed by atoms with Crippen LogP contribution < -0.4 is 0 Å². The van der Waals surface area contributed by atoms with Crippen molar-refractivity contribution < 1.29 is 66.5 Å². The van der Waals surface area contributed by atoms with E-state index in [2.05, 4.69) is 0 Å². The fourth-order valence-electron chi connectivity index (χ4n) is 7.91. The lowest BCUT2D eigenvalue weighted by Gasteiger charge is -2.46. The van der Waals surface area contributed by atoms with Crippen LogP contribution in [0.5, 0.6) is 0 Å². The van der Waals surface area contributed by atoms with Gasteiger partial charge in [-0.05, 0) is 65.2 Å². The summed E-state index contributed by atoms with van der Waals surface area (Å²) in [5.41, 5.74) is 1.68. The van der Waals surface area contributed by atoms with Gasteiger partial charge in [-0.25, -0.2) is 0 Å². The summed E-state index contributed by atoms with van der Waals surface area (Å²) in [5, 5.41) is 0. The molecule has 3 aromatic carbocycles. The van der Waals surface area contributed by atoms with Crippen molar-refractivity contribution in [1.82, 2.24) is 0 Å². The van der Waals surface area contributed by atoms with Gasteiger partial charge < -0.3 is 52.1 Å². The van der Waals surface area contributed by atoms with Crippen LogP contribution in [0.2, 0.25) is 0 Å². The Morgan fingerprint density at radius 1 is 0.581 bits per heavy atom. The molecule has 0 spiro atoms. The molecule has 0 aromatic heterocycles.